The van der Waals surface area contributed by atoms with Gasteiger partial charge in [0, 0.05) is 19.7 Å². The molecule has 0 unspecified atom stereocenters. The summed E-state index contributed by atoms with van der Waals surface area (Å²) in [6.07, 6.45) is 6.36. The van der Waals surface area contributed by atoms with Crippen LogP contribution in [0, 0.1) is 5.92 Å². The van der Waals surface area contributed by atoms with Gasteiger partial charge in [0.1, 0.15) is 5.78 Å². The van der Waals surface area contributed by atoms with E-state index in [4.69, 9.17) is 0 Å². The monoisotopic (exact) mass is 236 g/mol. The van der Waals surface area contributed by atoms with E-state index < -0.39 is 0 Å². The van der Waals surface area contributed by atoms with Crippen LogP contribution < -0.4 is 5.32 Å². The first-order chi connectivity index (χ1) is 8.24. The van der Waals surface area contributed by atoms with E-state index in [1.807, 2.05) is 13.2 Å². The number of nitrogens with one attached hydrogen (secondary N) is 1. The maximum Gasteiger partial charge on any atom is 0.138 e. The Morgan fingerprint density at radius 3 is 2.94 bits per heavy atom. The van der Waals surface area contributed by atoms with Crippen molar-refractivity contribution >= 4 is 5.78 Å². The van der Waals surface area contributed by atoms with Crippen LogP contribution in [-0.4, -0.2) is 33.9 Å². The highest BCUT2D eigenvalue weighted by Gasteiger charge is 2.15. The molecule has 0 amide bonds. The molecule has 1 aliphatic rings. The second-order valence-corrected chi connectivity index (χ2v) is 4.83. The maximum absolute atomic E-state index is 11.8. The molecule has 0 bridgehead atoms. The van der Waals surface area contributed by atoms with Crippen LogP contribution in [0.2, 0.25) is 0 Å². The molecule has 0 spiro atoms. The summed E-state index contributed by atoms with van der Waals surface area (Å²) in [4.78, 5) is 11.8. The first kappa shape index (κ1) is 12.2. The molecule has 2 heterocycles. The number of aryl methyl sites for hydroxylation is 1. The lowest BCUT2D eigenvalue weighted by Gasteiger charge is -2.21. The van der Waals surface area contributed by atoms with Crippen molar-refractivity contribution in [3.8, 4) is 0 Å². The van der Waals surface area contributed by atoms with Gasteiger partial charge in [0.2, 0.25) is 0 Å². The van der Waals surface area contributed by atoms with Crippen LogP contribution in [0.5, 0.6) is 0 Å². The molecule has 2 rings (SSSR count). The summed E-state index contributed by atoms with van der Waals surface area (Å²) in [5.41, 5.74) is 0.780. The van der Waals surface area contributed by atoms with Gasteiger partial charge in [0.05, 0.1) is 12.1 Å². The van der Waals surface area contributed by atoms with Crippen LogP contribution in [0.15, 0.2) is 6.20 Å². The highest BCUT2D eigenvalue weighted by Crippen LogP contribution is 2.18. The van der Waals surface area contributed by atoms with Gasteiger partial charge in [-0.2, -0.15) is 0 Å². The Hall–Kier alpha value is -1.23. The van der Waals surface area contributed by atoms with E-state index in [2.05, 4.69) is 15.6 Å². The van der Waals surface area contributed by atoms with Gasteiger partial charge < -0.3 is 5.32 Å². The second kappa shape index (κ2) is 5.91. The highest BCUT2D eigenvalue weighted by atomic mass is 16.1. The normalized spacial score (nSPS) is 17.2. The summed E-state index contributed by atoms with van der Waals surface area (Å²) in [6.45, 7) is 2.20. The molecule has 17 heavy (non-hydrogen) atoms. The van der Waals surface area contributed by atoms with Crippen molar-refractivity contribution in [2.45, 2.75) is 32.1 Å². The fraction of sp³-hybridized carbons (Fsp3) is 0.750. The number of nitrogens with zero attached hydrogens (tertiary/aromatic N) is 3. The molecule has 1 N–H and O–H groups in total. The van der Waals surface area contributed by atoms with Gasteiger partial charge in [-0.15, -0.1) is 5.10 Å². The van der Waals surface area contributed by atoms with Gasteiger partial charge >= 0.3 is 0 Å². The predicted molar refractivity (Wildman–Crippen MR) is 64.5 cm³/mol. The molecule has 1 aromatic rings. The minimum absolute atomic E-state index is 0.282. The van der Waals surface area contributed by atoms with Gasteiger partial charge in [-0.05, 0) is 38.3 Å². The summed E-state index contributed by atoms with van der Waals surface area (Å²) < 4.78 is 1.63. The van der Waals surface area contributed by atoms with Crippen molar-refractivity contribution in [3.05, 3.63) is 11.9 Å². The van der Waals surface area contributed by atoms with Gasteiger partial charge in [0.15, 0.2) is 0 Å². The van der Waals surface area contributed by atoms with Crippen LogP contribution in [-0.2, 0) is 18.3 Å². The van der Waals surface area contributed by atoms with E-state index in [9.17, 15) is 4.79 Å². The summed E-state index contributed by atoms with van der Waals surface area (Å²) in [6, 6.07) is 0. The average molecular weight is 236 g/mol. The Balaban J connectivity index is 1.70. The molecule has 5 nitrogen and oxygen atoms in total. The van der Waals surface area contributed by atoms with E-state index in [1.165, 1.54) is 12.8 Å². The van der Waals surface area contributed by atoms with E-state index in [1.54, 1.807) is 4.68 Å². The zero-order valence-corrected chi connectivity index (χ0v) is 10.4. The minimum atomic E-state index is 0.282. The minimum Gasteiger partial charge on any atom is -0.317 e. The Labute approximate surface area is 102 Å². The smallest absolute Gasteiger partial charge is 0.138 e. The standard InChI is InChI=1S/C12H20N4O/c1-16-9-11(14-15-16)8-12(17)3-2-10-4-6-13-7-5-10/h9-10,13H,2-8H2,1H3. The second-order valence-electron chi connectivity index (χ2n) is 4.83. The van der Waals surface area contributed by atoms with Crippen molar-refractivity contribution in [3.63, 3.8) is 0 Å². The lowest BCUT2D eigenvalue weighted by Crippen LogP contribution is -2.28. The Bertz CT molecular complexity index is 368. The third kappa shape index (κ3) is 3.93. The van der Waals surface area contributed by atoms with E-state index >= 15 is 0 Å². The summed E-state index contributed by atoms with van der Waals surface area (Å²) >= 11 is 0. The van der Waals surface area contributed by atoms with Gasteiger partial charge in [0.25, 0.3) is 0 Å². The Kier molecular flexibility index (Phi) is 4.25. The van der Waals surface area contributed by atoms with Crippen LogP contribution in [0.4, 0.5) is 0 Å². The Morgan fingerprint density at radius 2 is 2.29 bits per heavy atom. The quantitative estimate of drug-likeness (QED) is 0.818. The number of rotatable bonds is 5. The van der Waals surface area contributed by atoms with Crippen LogP contribution in [0.3, 0.4) is 0 Å². The Morgan fingerprint density at radius 1 is 1.53 bits per heavy atom. The molecule has 1 aromatic heterocycles. The lowest BCUT2D eigenvalue weighted by molar-refractivity contribution is -0.118. The van der Waals surface area contributed by atoms with Crippen LogP contribution >= 0.6 is 0 Å². The highest BCUT2D eigenvalue weighted by molar-refractivity contribution is 5.80. The zero-order chi connectivity index (χ0) is 12.1. The number of carbonyl (C=O) groups is 1. The van der Waals surface area contributed by atoms with Crippen molar-refractivity contribution in [1.82, 2.24) is 20.3 Å². The SMILES string of the molecule is Cn1cc(CC(=O)CCC2CCNCC2)nn1. The molecular weight excluding hydrogens is 216 g/mol. The van der Waals surface area contributed by atoms with Gasteiger partial charge in [-0.3, -0.25) is 9.48 Å². The average Bonchev–Trinajstić information content (AvgIpc) is 2.73. The number of piperidine rings is 1. The molecule has 5 heteroatoms. The molecule has 1 aliphatic heterocycles. The molecular formula is C12H20N4O. The first-order valence-electron chi connectivity index (χ1n) is 6.31. The van der Waals surface area contributed by atoms with E-state index in [0.29, 0.717) is 12.8 Å². The predicted octanol–water partition coefficient (Wildman–Crippen LogP) is 0.706. The molecule has 1 saturated heterocycles. The number of hydrogen-bond donors (Lipinski definition) is 1. The zero-order valence-electron chi connectivity index (χ0n) is 10.4. The summed E-state index contributed by atoms with van der Waals surface area (Å²) in [5, 5.41) is 11.1. The fourth-order valence-corrected chi connectivity index (χ4v) is 2.30. The molecule has 0 radical (unpaired) electrons. The van der Waals surface area contributed by atoms with E-state index in [0.717, 1.165) is 31.1 Å². The third-order valence-electron chi connectivity index (χ3n) is 3.32. The molecule has 94 valence electrons. The summed E-state index contributed by atoms with van der Waals surface area (Å²) in [5.74, 6) is 1.01. The third-order valence-corrected chi connectivity index (χ3v) is 3.32. The maximum atomic E-state index is 11.8. The first-order valence-corrected chi connectivity index (χ1v) is 6.31. The number of carbonyl (C=O) groups excluding carboxylic acids is 1. The summed E-state index contributed by atoms with van der Waals surface area (Å²) in [7, 11) is 1.82. The number of aromatic nitrogens is 3. The van der Waals surface area contributed by atoms with Crippen molar-refractivity contribution in [1.29, 1.82) is 0 Å². The topological polar surface area (TPSA) is 59.8 Å². The number of Topliss-reactive ketones (excluding diaryl/α,β-unsaturated/α-hetero) is 1. The van der Waals surface area contributed by atoms with Gasteiger partial charge in [-0.1, -0.05) is 5.21 Å². The lowest BCUT2D eigenvalue weighted by atomic mass is 9.92. The molecule has 0 saturated carbocycles. The largest absolute Gasteiger partial charge is 0.317 e. The van der Waals surface area contributed by atoms with Crippen molar-refractivity contribution < 1.29 is 4.79 Å². The van der Waals surface area contributed by atoms with E-state index in [-0.39, 0.29) is 5.78 Å². The molecule has 0 atom stereocenters. The van der Waals surface area contributed by atoms with Gasteiger partial charge in [-0.25, -0.2) is 0 Å². The number of hydrogen-bond acceptors (Lipinski definition) is 4. The fourth-order valence-electron chi connectivity index (χ4n) is 2.30. The van der Waals surface area contributed by atoms with Crippen molar-refractivity contribution in [2.24, 2.45) is 13.0 Å². The molecule has 0 aromatic carbocycles. The molecule has 1 fully saturated rings. The molecule has 0 aliphatic carbocycles. The van der Waals surface area contributed by atoms with Crippen LogP contribution in [0.1, 0.15) is 31.4 Å². The number of ketones is 1. The van der Waals surface area contributed by atoms with Crippen molar-refractivity contribution in [2.75, 3.05) is 13.1 Å². The van der Waals surface area contributed by atoms with Crippen LogP contribution in [0.25, 0.3) is 0 Å².